The van der Waals surface area contributed by atoms with E-state index in [1.807, 2.05) is 0 Å². The fraction of sp³-hybridized carbons (Fsp3) is 0.900. The zero-order valence-electron chi connectivity index (χ0n) is 8.03. The van der Waals surface area contributed by atoms with Crippen LogP contribution in [0.4, 0.5) is 0 Å². The number of nitrogens with one attached hydrogen (secondary N) is 1. The van der Waals surface area contributed by atoms with E-state index >= 15 is 0 Å². The van der Waals surface area contributed by atoms with Crippen molar-refractivity contribution in [2.24, 2.45) is 0 Å². The van der Waals surface area contributed by atoms with Crippen molar-refractivity contribution in [3.63, 3.8) is 0 Å². The molecule has 0 aromatic rings. The minimum absolute atomic E-state index is 0. The van der Waals surface area contributed by atoms with Crippen LogP contribution >= 0.6 is 0 Å². The van der Waals surface area contributed by atoms with E-state index in [1.54, 1.807) is 0 Å². The van der Waals surface area contributed by atoms with Gasteiger partial charge in [-0.1, -0.05) is 33.1 Å². The summed E-state index contributed by atoms with van der Waals surface area (Å²) in [6.07, 6.45) is 8.87. The summed E-state index contributed by atoms with van der Waals surface area (Å²) >= 11 is 0. The van der Waals surface area contributed by atoms with Crippen molar-refractivity contribution in [3.05, 3.63) is 6.42 Å². The Morgan fingerprint density at radius 3 is 2.42 bits per heavy atom. The van der Waals surface area contributed by atoms with Crippen LogP contribution in [0.15, 0.2) is 0 Å². The first-order valence-corrected chi connectivity index (χ1v) is 4.90. The summed E-state index contributed by atoms with van der Waals surface area (Å²) in [6, 6.07) is 0. The van der Waals surface area contributed by atoms with Crippen LogP contribution in [-0.4, -0.2) is 32.0 Å². The summed E-state index contributed by atoms with van der Waals surface area (Å²) in [5.74, 6) is 0. The summed E-state index contributed by atoms with van der Waals surface area (Å²) in [7, 11) is 0. The summed E-state index contributed by atoms with van der Waals surface area (Å²) < 4.78 is 0. The van der Waals surface area contributed by atoms with Gasteiger partial charge in [0.1, 0.15) is 0 Å². The number of rotatable bonds is 8. The quantitative estimate of drug-likeness (QED) is 0.428. The van der Waals surface area contributed by atoms with Crippen LogP contribution in [0.1, 0.15) is 46.0 Å². The van der Waals surface area contributed by atoms with E-state index < -0.39 is 0 Å². The van der Waals surface area contributed by atoms with Crippen molar-refractivity contribution in [1.29, 1.82) is 0 Å². The van der Waals surface area contributed by atoms with Crippen molar-refractivity contribution >= 4 is 18.9 Å². The molecule has 0 aliphatic heterocycles. The molecule has 0 heterocycles. The summed E-state index contributed by atoms with van der Waals surface area (Å²) in [4.78, 5) is 0. The predicted molar refractivity (Wildman–Crippen MR) is 58.8 cm³/mol. The van der Waals surface area contributed by atoms with Gasteiger partial charge in [-0.3, -0.25) is 0 Å². The van der Waals surface area contributed by atoms with Crippen LogP contribution in [0.5, 0.6) is 0 Å². The second-order valence-corrected chi connectivity index (χ2v) is 3.01. The third kappa shape index (κ3) is 13.2. The molecular weight excluding hydrogens is 141 g/mol. The van der Waals surface area contributed by atoms with Gasteiger partial charge >= 0.3 is 18.9 Å². The fourth-order valence-electron chi connectivity index (χ4n) is 1.05. The van der Waals surface area contributed by atoms with Crippen LogP contribution in [-0.2, 0) is 0 Å². The Bertz CT molecular complexity index is 58.9. The maximum absolute atomic E-state index is 3.41. The van der Waals surface area contributed by atoms with Crippen LogP contribution in [0.2, 0.25) is 0 Å². The summed E-state index contributed by atoms with van der Waals surface area (Å²) in [6.45, 7) is 6.72. The predicted octanol–water partition coefficient (Wildman–Crippen LogP) is 2.12. The second-order valence-electron chi connectivity index (χ2n) is 3.01. The van der Waals surface area contributed by atoms with Crippen LogP contribution < -0.4 is 5.32 Å². The molecule has 0 aliphatic carbocycles. The number of unbranched alkanes of at least 4 members (excludes halogenated alkanes) is 4. The maximum atomic E-state index is 3.41. The number of hydrogen-bond donors (Lipinski definition) is 1. The molecule has 1 N–H and O–H groups in total. The third-order valence-corrected chi connectivity index (χ3v) is 1.82. The monoisotopic (exact) mass is 164 g/mol. The van der Waals surface area contributed by atoms with Gasteiger partial charge in [-0.05, 0) is 32.4 Å². The third-order valence-electron chi connectivity index (χ3n) is 1.82. The molecule has 0 saturated heterocycles. The Morgan fingerprint density at radius 2 is 1.83 bits per heavy atom. The molecule has 0 aromatic heterocycles. The van der Waals surface area contributed by atoms with Gasteiger partial charge in [0.25, 0.3) is 0 Å². The van der Waals surface area contributed by atoms with E-state index in [0.717, 1.165) is 6.54 Å². The van der Waals surface area contributed by atoms with Gasteiger partial charge in [0, 0.05) is 0 Å². The first kappa shape index (κ1) is 15.0. The zero-order valence-corrected chi connectivity index (χ0v) is 8.03. The second kappa shape index (κ2) is 14.1. The molecule has 0 atom stereocenters. The number of hydrogen-bond acceptors (Lipinski definition) is 1. The summed E-state index contributed by atoms with van der Waals surface area (Å²) in [5, 5.41) is 3.41. The van der Waals surface area contributed by atoms with Crippen molar-refractivity contribution in [2.75, 3.05) is 13.1 Å². The Labute approximate surface area is 89.9 Å². The molecule has 0 bridgehead atoms. The fourth-order valence-corrected chi connectivity index (χ4v) is 1.05. The molecule has 0 rings (SSSR count). The van der Waals surface area contributed by atoms with Gasteiger partial charge in [0.2, 0.25) is 0 Å². The topological polar surface area (TPSA) is 12.0 Å². The van der Waals surface area contributed by atoms with Crippen LogP contribution in [0.25, 0.3) is 0 Å². The molecule has 69 valence electrons. The van der Waals surface area contributed by atoms with Gasteiger partial charge in [0.05, 0.1) is 0 Å². The van der Waals surface area contributed by atoms with E-state index in [1.165, 1.54) is 38.6 Å². The van der Waals surface area contributed by atoms with Gasteiger partial charge in [0.15, 0.2) is 0 Å². The van der Waals surface area contributed by atoms with E-state index in [9.17, 15) is 0 Å². The van der Waals surface area contributed by atoms with Crippen LogP contribution in [0, 0.1) is 6.42 Å². The Hall–Kier alpha value is 0.557. The first-order valence-electron chi connectivity index (χ1n) is 4.90. The Balaban J connectivity index is 0. The molecule has 2 heteroatoms. The molecule has 0 fully saturated rings. The van der Waals surface area contributed by atoms with E-state index in [2.05, 4.69) is 25.6 Å². The molecular formula is C10H23LiN. The van der Waals surface area contributed by atoms with Gasteiger partial charge < -0.3 is 5.32 Å². The van der Waals surface area contributed by atoms with Gasteiger partial charge in [-0.25, -0.2) is 0 Å². The van der Waals surface area contributed by atoms with Crippen molar-refractivity contribution in [3.8, 4) is 0 Å². The molecule has 0 spiro atoms. The average Bonchev–Trinajstić information content (AvgIpc) is 2.03. The molecule has 1 nitrogen and oxygen atoms in total. The molecule has 0 aromatic carbocycles. The van der Waals surface area contributed by atoms with Crippen molar-refractivity contribution in [1.82, 2.24) is 5.32 Å². The molecule has 0 unspecified atom stereocenters. The average molecular weight is 164 g/mol. The van der Waals surface area contributed by atoms with Crippen molar-refractivity contribution < 1.29 is 0 Å². The van der Waals surface area contributed by atoms with Crippen molar-refractivity contribution in [2.45, 2.75) is 46.0 Å². The molecule has 0 aliphatic rings. The zero-order chi connectivity index (χ0) is 8.36. The van der Waals surface area contributed by atoms with Gasteiger partial charge in [-0.15, -0.1) is 0 Å². The normalized spacial score (nSPS) is 9.50. The minimum atomic E-state index is 0. The van der Waals surface area contributed by atoms with E-state index in [-0.39, 0.29) is 18.9 Å². The SMILES string of the molecule is C[CH]CCNCCCCCC.[LiH]. The Morgan fingerprint density at radius 1 is 1.08 bits per heavy atom. The molecule has 1 radical (unpaired) electrons. The molecule has 0 saturated carbocycles. The standard InChI is InChI=1S/C10H22N.Li.H/c1-3-5-7-8-10-11-9-6-4-2;;/h4,11H,3,5-10H2,1-2H3;;. The Kier molecular flexibility index (Phi) is 17.7. The van der Waals surface area contributed by atoms with E-state index in [0.29, 0.717) is 0 Å². The van der Waals surface area contributed by atoms with Gasteiger partial charge in [-0.2, -0.15) is 0 Å². The van der Waals surface area contributed by atoms with Crippen LogP contribution in [0.3, 0.4) is 0 Å². The molecule has 12 heavy (non-hydrogen) atoms. The summed E-state index contributed by atoms with van der Waals surface area (Å²) in [5.41, 5.74) is 0. The van der Waals surface area contributed by atoms with E-state index in [4.69, 9.17) is 0 Å². The molecule has 0 amide bonds. The first-order chi connectivity index (χ1) is 5.41.